The van der Waals surface area contributed by atoms with Gasteiger partial charge in [-0.1, -0.05) is 12.1 Å². The van der Waals surface area contributed by atoms with Gasteiger partial charge in [0, 0.05) is 43.0 Å². The number of aliphatic imine (C=N–C) groups is 1. The van der Waals surface area contributed by atoms with E-state index < -0.39 is 18.8 Å². The lowest BCUT2D eigenvalue weighted by atomic mass is 9.96. The fraction of sp³-hybridized carbons (Fsp3) is 0.238. The highest BCUT2D eigenvalue weighted by Gasteiger charge is 2.27. The molecule has 1 aromatic carbocycles. The molecule has 0 saturated carbocycles. The number of rotatable bonds is 7. The maximum Gasteiger partial charge on any atom is 0.405 e. The van der Waals surface area contributed by atoms with Gasteiger partial charge in [0.15, 0.2) is 0 Å². The number of hydrogen-bond donors (Lipinski definition) is 4. The summed E-state index contributed by atoms with van der Waals surface area (Å²) in [6.07, 6.45) is 0.631. The van der Waals surface area contributed by atoms with Crippen LogP contribution in [-0.2, 0) is 0 Å². The topological polar surface area (TPSA) is 121 Å². The minimum absolute atomic E-state index is 0.109. The van der Waals surface area contributed by atoms with Crippen molar-refractivity contribution in [2.45, 2.75) is 12.1 Å². The molecule has 2 aromatic heterocycles. The Hall–Kier alpha value is -3.73. The highest BCUT2D eigenvalue weighted by molar-refractivity contribution is 6.03. The quantitative estimate of drug-likeness (QED) is 0.417. The molecule has 0 aliphatic heterocycles. The lowest BCUT2D eigenvalue weighted by Gasteiger charge is -2.13. The van der Waals surface area contributed by atoms with Crippen LogP contribution in [0.15, 0.2) is 53.8 Å². The monoisotopic (exact) mass is 445 g/mol. The molecule has 0 spiro atoms. The van der Waals surface area contributed by atoms with Crippen LogP contribution in [0.25, 0.3) is 16.9 Å². The van der Waals surface area contributed by atoms with Crippen molar-refractivity contribution in [2.24, 2.45) is 10.7 Å². The zero-order valence-electron chi connectivity index (χ0n) is 17.1. The highest BCUT2D eigenvalue weighted by atomic mass is 19.4. The molecule has 3 aromatic rings. The van der Waals surface area contributed by atoms with Crippen molar-refractivity contribution in [1.82, 2.24) is 14.7 Å². The van der Waals surface area contributed by atoms with Crippen molar-refractivity contribution in [2.75, 3.05) is 25.5 Å². The number of carbonyl (C=O) groups excluding carboxylic acids is 1. The van der Waals surface area contributed by atoms with Gasteiger partial charge in [-0.05, 0) is 29.8 Å². The minimum atomic E-state index is -4.49. The Kier molecular flexibility index (Phi) is 6.89. The number of benzene rings is 1. The van der Waals surface area contributed by atoms with Crippen LogP contribution in [0.3, 0.4) is 0 Å². The molecule has 32 heavy (non-hydrogen) atoms. The maximum absolute atomic E-state index is 12.3. The van der Waals surface area contributed by atoms with Gasteiger partial charge >= 0.3 is 12.2 Å². The Labute approximate surface area is 181 Å². The lowest BCUT2D eigenvalue weighted by molar-refractivity contribution is -0.122. The molecule has 168 valence electrons. The number of halogens is 3. The van der Waals surface area contributed by atoms with E-state index >= 15 is 0 Å². The number of nitrogens with zero attached hydrogens (tertiary/aromatic N) is 3. The number of alkyl halides is 3. The molecule has 0 radical (unpaired) electrons. The van der Waals surface area contributed by atoms with Crippen LogP contribution in [0, 0.1) is 5.41 Å². The van der Waals surface area contributed by atoms with E-state index in [-0.39, 0.29) is 12.5 Å². The predicted octanol–water partition coefficient (Wildman–Crippen LogP) is 3.45. The van der Waals surface area contributed by atoms with Crippen molar-refractivity contribution in [3.05, 3.63) is 54.4 Å². The van der Waals surface area contributed by atoms with Crippen molar-refractivity contribution in [3.63, 3.8) is 0 Å². The molecule has 0 saturated heterocycles. The van der Waals surface area contributed by atoms with Crippen molar-refractivity contribution >= 4 is 29.3 Å². The van der Waals surface area contributed by atoms with Gasteiger partial charge in [0.25, 0.3) is 0 Å². The molecule has 0 aliphatic rings. The Morgan fingerprint density at radius 2 is 2.12 bits per heavy atom. The molecule has 0 aliphatic carbocycles. The van der Waals surface area contributed by atoms with Gasteiger partial charge in [-0.15, -0.1) is 0 Å². The average Bonchev–Trinajstić information content (AvgIpc) is 3.18. The summed E-state index contributed by atoms with van der Waals surface area (Å²) < 4.78 is 38.6. The second-order valence-electron chi connectivity index (χ2n) is 6.95. The first-order valence-corrected chi connectivity index (χ1v) is 9.60. The molecular formula is C21H22F3N7O. The summed E-state index contributed by atoms with van der Waals surface area (Å²) in [5, 5.41) is 12.2. The number of amides is 2. The third-order valence-electron chi connectivity index (χ3n) is 4.66. The number of anilines is 1. The van der Waals surface area contributed by atoms with Gasteiger partial charge in [-0.25, -0.2) is 9.78 Å². The zero-order valence-corrected chi connectivity index (χ0v) is 17.1. The van der Waals surface area contributed by atoms with Crippen LogP contribution < -0.4 is 16.4 Å². The maximum atomic E-state index is 12.3. The van der Waals surface area contributed by atoms with Gasteiger partial charge in [-0.2, -0.15) is 13.2 Å². The first-order valence-electron chi connectivity index (χ1n) is 9.60. The predicted molar refractivity (Wildman–Crippen MR) is 118 cm³/mol. The van der Waals surface area contributed by atoms with E-state index in [0.29, 0.717) is 22.6 Å². The first kappa shape index (κ1) is 22.9. The zero-order chi connectivity index (χ0) is 23.3. The molecule has 2 heterocycles. The standard InChI is InChI=1S/C21H22F3N7O/c1-27-10-16(17(26)9-25)13-5-6-31-18(11-28-19(31)8-13)14-3-2-4-15(7-14)30-20(32)29-12-21(22,23)24/h2-8,10-11,16,26H,9,12,25H2,1H3,(H2,29,30,32). The van der Waals surface area contributed by atoms with E-state index in [1.54, 1.807) is 49.0 Å². The normalized spacial score (nSPS) is 12.8. The van der Waals surface area contributed by atoms with Crippen LogP contribution in [0.2, 0.25) is 0 Å². The Morgan fingerprint density at radius 3 is 2.81 bits per heavy atom. The SMILES string of the molecule is CN=CC(C(=N)CN)c1ccn2c(-c3cccc(NC(=O)NCC(F)(F)F)c3)cnc2c1. The summed E-state index contributed by atoms with van der Waals surface area (Å²) in [6.45, 7) is -1.31. The van der Waals surface area contributed by atoms with E-state index in [1.807, 2.05) is 22.7 Å². The molecule has 1 atom stereocenters. The van der Waals surface area contributed by atoms with Crippen molar-refractivity contribution < 1.29 is 18.0 Å². The average molecular weight is 445 g/mol. The molecule has 3 rings (SSSR count). The minimum Gasteiger partial charge on any atom is -0.329 e. The van der Waals surface area contributed by atoms with E-state index in [9.17, 15) is 18.0 Å². The van der Waals surface area contributed by atoms with Gasteiger partial charge < -0.3 is 21.8 Å². The fourth-order valence-corrected chi connectivity index (χ4v) is 3.17. The van der Waals surface area contributed by atoms with Crippen molar-refractivity contribution in [3.8, 4) is 11.3 Å². The number of fused-ring (bicyclic) bond motifs is 1. The van der Waals surface area contributed by atoms with E-state index in [2.05, 4.69) is 15.3 Å². The molecule has 5 N–H and O–H groups in total. The Balaban J connectivity index is 1.85. The van der Waals surface area contributed by atoms with Crippen LogP contribution in [0.5, 0.6) is 0 Å². The summed E-state index contributed by atoms with van der Waals surface area (Å²) in [5.41, 5.74) is 9.19. The van der Waals surface area contributed by atoms with E-state index in [1.165, 1.54) is 0 Å². The van der Waals surface area contributed by atoms with Crippen LogP contribution in [-0.4, -0.2) is 53.7 Å². The summed E-state index contributed by atoms with van der Waals surface area (Å²) >= 11 is 0. The molecule has 0 bridgehead atoms. The molecule has 8 nitrogen and oxygen atoms in total. The van der Waals surface area contributed by atoms with Crippen molar-refractivity contribution in [1.29, 1.82) is 5.41 Å². The fourth-order valence-electron chi connectivity index (χ4n) is 3.17. The number of aromatic nitrogens is 2. The molecule has 1 unspecified atom stereocenters. The lowest BCUT2D eigenvalue weighted by Crippen LogP contribution is -2.36. The van der Waals surface area contributed by atoms with E-state index in [0.717, 1.165) is 11.3 Å². The van der Waals surface area contributed by atoms with Gasteiger partial charge in [-0.3, -0.25) is 9.39 Å². The van der Waals surface area contributed by atoms with Crippen LogP contribution in [0.4, 0.5) is 23.7 Å². The number of imidazole rings is 1. The van der Waals surface area contributed by atoms with Crippen LogP contribution >= 0.6 is 0 Å². The molecule has 0 fully saturated rings. The highest BCUT2D eigenvalue weighted by Crippen LogP contribution is 2.26. The number of nitrogens with two attached hydrogens (primary N) is 1. The second kappa shape index (κ2) is 9.60. The van der Waals surface area contributed by atoms with Gasteiger partial charge in [0.1, 0.15) is 12.2 Å². The molecule has 2 amide bonds. The number of urea groups is 1. The molecular weight excluding hydrogens is 423 g/mol. The van der Waals surface area contributed by atoms with Gasteiger partial charge in [0.05, 0.1) is 17.8 Å². The van der Waals surface area contributed by atoms with Crippen LogP contribution in [0.1, 0.15) is 11.5 Å². The summed E-state index contributed by atoms with van der Waals surface area (Å²) in [6, 6.07) is 9.43. The number of hydrogen-bond acceptors (Lipinski definition) is 5. The number of carbonyl (C=O) groups is 1. The van der Waals surface area contributed by atoms with E-state index in [4.69, 9.17) is 11.1 Å². The summed E-state index contributed by atoms with van der Waals surface area (Å²) in [7, 11) is 1.63. The van der Waals surface area contributed by atoms with Gasteiger partial charge in [0.2, 0.25) is 0 Å². The Morgan fingerprint density at radius 1 is 1.34 bits per heavy atom. The third-order valence-corrected chi connectivity index (χ3v) is 4.66. The largest absolute Gasteiger partial charge is 0.405 e. The summed E-state index contributed by atoms with van der Waals surface area (Å²) in [4.78, 5) is 20.2. The Bertz CT molecular complexity index is 1150. The number of pyridine rings is 1. The smallest absolute Gasteiger partial charge is 0.329 e. The second-order valence-corrected chi connectivity index (χ2v) is 6.95. The third kappa shape index (κ3) is 5.49. The first-order chi connectivity index (χ1) is 15.2. The summed E-state index contributed by atoms with van der Waals surface area (Å²) in [5.74, 6) is -0.349. The number of nitrogens with one attached hydrogen (secondary N) is 3. The molecule has 11 heteroatoms.